The lowest BCUT2D eigenvalue weighted by molar-refractivity contribution is -0.141. The molecule has 4 heterocycles. The summed E-state index contributed by atoms with van der Waals surface area (Å²) in [6, 6.07) is 8.78. The first-order chi connectivity index (χ1) is 29.9. The van der Waals surface area contributed by atoms with Gasteiger partial charge in [0.2, 0.25) is 27.4 Å². The number of nitrogens with zero attached hydrogens (tertiary/aromatic N) is 3. The Balaban J connectivity index is 1.06. The molecule has 16 nitrogen and oxygen atoms in total. The van der Waals surface area contributed by atoms with Crippen LogP contribution in [0.1, 0.15) is 83.5 Å². The lowest BCUT2D eigenvalue weighted by atomic mass is 10.0. The lowest BCUT2D eigenvalue weighted by Crippen LogP contribution is -2.58. The van der Waals surface area contributed by atoms with E-state index in [4.69, 9.17) is 28.6 Å². The van der Waals surface area contributed by atoms with Crippen molar-refractivity contribution in [3.63, 3.8) is 0 Å². The van der Waals surface area contributed by atoms with E-state index >= 15 is 0 Å². The Bertz CT molecular complexity index is 2540. The summed E-state index contributed by atoms with van der Waals surface area (Å²) in [5.74, 6) is -2.21. The topological polar surface area (TPSA) is 208 Å². The highest BCUT2D eigenvalue weighted by molar-refractivity contribution is 7.91. The largest absolute Gasteiger partial charge is 0.497 e. The van der Waals surface area contributed by atoms with E-state index in [1.807, 2.05) is 12.2 Å². The molecule has 18 heteroatoms. The van der Waals surface area contributed by atoms with Crippen molar-refractivity contribution in [2.24, 2.45) is 5.92 Å². The van der Waals surface area contributed by atoms with Crippen molar-refractivity contribution < 1.29 is 50.6 Å². The summed E-state index contributed by atoms with van der Waals surface area (Å²) >= 11 is 0. The van der Waals surface area contributed by atoms with Gasteiger partial charge in [0.05, 0.1) is 18.9 Å². The molecule has 5 atom stereocenters. The van der Waals surface area contributed by atoms with Crippen LogP contribution < -0.4 is 24.8 Å². The number of carbonyl (C=O) groups is 4. The highest BCUT2D eigenvalue weighted by Crippen LogP contribution is 2.46. The van der Waals surface area contributed by atoms with E-state index in [-0.39, 0.29) is 54.7 Å². The van der Waals surface area contributed by atoms with Crippen LogP contribution in [0.2, 0.25) is 0 Å². The summed E-state index contributed by atoms with van der Waals surface area (Å²) in [6.07, 6.45) is 9.30. The van der Waals surface area contributed by atoms with E-state index in [9.17, 15) is 32.0 Å². The van der Waals surface area contributed by atoms with E-state index < -0.39 is 74.5 Å². The monoisotopic (exact) mass is 872 g/mol. The number of benzene rings is 2. The van der Waals surface area contributed by atoms with Crippen molar-refractivity contribution in [1.82, 2.24) is 30.2 Å². The average Bonchev–Trinajstić information content (AvgIpc) is 4.07. The summed E-state index contributed by atoms with van der Waals surface area (Å²) in [5.41, 5.74) is -0.237. The molecule has 0 radical (unpaired) electrons. The third-order valence-electron chi connectivity index (χ3n) is 12.6. The molecule has 0 unspecified atom stereocenters. The fourth-order valence-electron chi connectivity index (χ4n) is 8.88. The van der Waals surface area contributed by atoms with Gasteiger partial charge in [-0.25, -0.2) is 22.6 Å². The molecule has 9 rings (SSSR count). The number of ether oxygens (including phenoxy) is 3. The van der Waals surface area contributed by atoms with E-state index in [2.05, 4.69) is 15.4 Å². The van der Waals surface area contributed by atoms with Crippen LogP contribution in [0.4, 0.5) is 9.18 Å². The summed E-state index contributed by atoms with van der Waals surface area (Å²) in [7, 11) is -2.40. The molecule has 4 aromatic rings. The third kappa shape index (κ3) is 8.52. The second-order valence-electron chi connectivity index (χ2n) is 17.0. The second-order valence-corrected chi connectivity index (χ2v) is 19.0. The Morgan fingerprint density at radius 2 is 1.74 bits per heavy atom. The standard InChI is InChI=1S/C44H49FN6O10S/c1-58-28-16-13-25(14-17-28)38-47-36-32-21-27(45)15-20-35(32)61-37(36)40(48-38)59-30-22-34-39(52)49-44(42(54)50-62(56,57)31-18-19-31)23-26(44)9-5-3-2-4-6-12-33(41(53)51(34)24-30)46-43(55)60-29-10-7-8-11-29/h5,9,13-17,20-21,26,29-31,33-34H,2-4,6-8,10-12,18-19,22-24H2,1H3,(H,46,55)(H,49,52)(H,50,54)/t26-,30-,33+,34+,44-/m1/s1. The molecule has 328 valence electrons. The number of alkyl carbamates (subject to hydrolysis) is 1. The smallest absolute Gasteiger partial charge is 0.408 e. The van der Waals surface area contributed by atoms with Gasteiger partial charge < -0.3 is 34.2 Å². The fourth-order valence-corrected chi connectivity index (χ4v) is 10.2. The average molecular weight is 873 g/mol. The number of halogens is 1. The Kier molecular flexibility index (Phi) is 11.3. The van der Waals surface area contributed by atoms with Crippen molar-refractivity contribution in [3.8, 4) is 23.0 Å². The van der Waals surface area contributed by atoms with Gasteiger partial charge >= 0.3 is 6.09 Å². The SMILES string of the molecule is COc1ccc(-c2nc(O[C@@H]3C[C@H]4C(=O)N[C@]5(C(=O)NS(=O)(=O)C6CC6)C[C@H]5C=CCCCCC[C@H](NC(=O)OC5CCCC5)C(=O)N4C3)c3oc4ccc(F)cc4c3n2)cc1. The van der Waals surface area contributed by atoms with Gasteiger partial charge in [0.1, 0.15) is 52.5 Å². The second kappa shape index (κ2) is 16.8. The molecule has 3 aliphatic carbocycles. The molecule has 3 N–H and O–H groups in total. The molecule has 4 fully saturated rings. The Hall–Kier alpha value is -5.78. The first-order valence-electron chi connectivity index (χ1n) is 21.4. The minimum atomic E-state index is -3.94. The molecule has 2 aromatic heterocycles. The van der Waals surface area contributed by atoms with E-state index in [1.54, 1.807) is 31.4 Å². The first-order valence-corrected chi connectivity index (χ1v) is 23.0. The van der Waals surface area contributed by atoms with Crippen molar-refractivity contribution in [2.75, 3.05) is 13.7 Å². The van der Waals surface area contributed by atoms with E-state index in [0.29, 0.717) is 48.0 Å². The molecule has 5 aliphatic rings. The van der Waals surface area contributed by atoms with Gasteiger partial charge in [0.15, 0.2) is 5.82 Å². The van der Waals surface area contributed by atoms with Crippen molar-refractivity contribution >= 4 is 55.9 Å². The number of amides is 4. The van der Waals surface area contributed by atoms with Gasteiger partial charge in [-0.05, 0) is 107 Å². The minimum absolute atomic E-state index is 0.0126. The number of hydrogen-bond donors (Lipinski definition) is 3. The number of sulfonamides is 1. The molecule has 4 amide bonds. The van der Waals surface area contributed by atoms with E-state index in [1.165, 1.54) is 23.1 Å². The molecule has 1 saturated heterocycles. The zero-order valence-corrected chi connectivity index (χ0v) is 35.1. The number of furan rings is 1. The first kappa shape index (κ1) is 41.6. The molecule has 2 aliphatic heterocycles. The van der Waals surface area contributed by atoms with Crippen LogP contribution in [-0.4, -0.2) is 95.8 Å². The van der Waals surface area contributed by atoms with Gasteiger partial charge in [-0.2, -0.15) is 4.98 Å². The van der Waals surface area contributed by atoms with E-state index in [0.717, 1.165) is 38.5 Å². The number of carbonyl (C=O) groups excluding carboxylic acids is 4. The van der Waals surface area contributed by atoms with Crippen LogP contribution in [-0.2, 0) is 29.1 Å². The Morgan fingerprint density at radius 3 is 2.50 bits per heavy atom. The van der Waals surface area contributed by atoms with Crippen LogP contribution in [0.15, 0.2) is 59.0 Å². The predicted octanol–water partition coefficient (Wildman–Crippen LogP) is 5.58. The normalized spacial score (nSPS) is 25.9. The maximum absolute atomic E-state index is 14.8. The lowest BCUT2D eigenvalue weighted by Gasteiger charge is -2.30. The quantitative estimate of drug-likeness (QED) is 0.176. The molecule has 2 aromatic carbocycles. The van der Waals surface area contributed by atoms with Gasteiger partial charge in [0.25, 0.3) is 11.8 Å². The third-order valence-corrected chi connectivity index (χ3v) is 14.4. The number of methoxy groups -OCH3 is 1. The number of fused-ring (bicyclic) bond motifs is 5. The maximum atomic E-state index is 14.8. The van der Waals surface area contributed by atoms with Gasteiger partial charge in [-0.15, -0.1) is 0 Å². The Labute approximate surface area is 357 Å². The molecule has 0 bridgehead atoms. The number of rotatable bonds is 9. The molecule has 62 heavy (non-hydrogen) atoms. The molecular formula is C44H49FN6O10S. The summed E-state index contributed by atoms with van der Waals surface area (Å²) < 4.78 is 66.5. The van der Waals surface area contributed by atoms with Crippen LogP contribution in [0.25, 0.3) is 33.5 Å². The number of aromatic nitrogens is 2. The van der Waals surface area contributed by atoms with Crippen molar-refractivity contribution in [1.29, 1.82) is 0 Å². The Morgan fingerprint density at radius 1 is 0.968 bits per heavy atom. The van der Waals surface area contributed by atoms with Crippen LogP contribution in [0.5, 0.6) is 11.6 Å². The van der Waals surface area contributed by atoms with Crippen molar-refractivity contribution in [3.05, 3.63) is 60.4 Å². The number of allylic oxidation sites excluding steroid dienone is 1. The highest BCUT2D eigenvalue weighted by Gasteiger charge is 2.62. The number of nitrogens with one attached hydrogen (secondary N) is 3. The van der Waals surface area contributed by atoms with Crippen LogP contribution >= 0.6 is 0 Å². The fraction of sp³-hybridized carbons (Fsp3) is 0.500. The number of hydrogen-bond acceptors (Lipinski definition) is 12. The van der Waals surface area contributed by atoms with Gasteiger partial charge in [0, 0.05) is 23.3 Å². The maximum Gasteiger partial charge on any atom is 0.408 e. The summed E-state index contributed by atoms with van der Waals surface area (Å²) in [5, 5.41) is 5.39. The highest BCUT2D eigenvalue weighted by atomic mass is 32.2. The minimum Gasteiger partial charge on any atom is -0.497 e. The van der Waals surface area contributed by atoms with Crippen LogP contribution in [0.3, 0.4) is 0 Å². The molecule has 0 spiro atoms. The predicted molar refractivity (Wildman–Crippen MR) is 223 cm³/mol. The summed E-state index contributed by atoms with van der Waals surface area (Å²) in [6.45, 7) is -0.135. The van der Waals surface area contributed by atoms with Crippen molar-refractivity contribution in [2.45, 2.75) is 119 Å². The van der Waals surface area contributed by atoms with Crippen LogP contribution in [0, 0.1) is 11.7 Å². The molecule has 3 saturated carbocycles. The van der Waals surface area contributed by atoms with Gasteiger partial charge in [-0.1, -0.05) is 25.0 Å². The zero-order valence-electron chi connectivity index (χ0n) is 34.3. The zero-order chi connectivity index (χ0) is 43.2. The van der Waals surface area contributed by atoms with Gasteiger partial charge in [-0.3, -0.25) is 19.1 Å². The summed E-state index contributed by atoms with van der Waals surface area (Å²) in [4.78, 5) is 67.4. The molecular weight excluding hydrogens is 824 g/mol.